The molecule has 138 valence electrons. The summed E-state index contributed by atoms with van der Waals surface area (Å²) in [5.74, 6) is 0. The number of thiazole rings is 1. The van der Waals surface area contributed by atoms with Gasteiger partial charge in [0.05, 0.1) is 27.8 Å². The lowest BCUT2D eigenvalue weighted by Gasteiger charge is -2.23. The number of sulfonamides is 1. The molecule has 2 atom stereocenters. The van der Waals surface area contributed by atoms with E-state index in [1.165, 1.54) is 30.6 Å². The van der Waals surface area contributed by atoms with E-state index in [4.69, 9.17) is 4.74 Å². The minimum atomic E-state index is -3.82. The minimum absolute atomic E-state index is 0.110. The molecule has 6 nitrogen and oxygen atoms in total. The maximum atomic E-state index is 12.6. The number of para-hydroxylation sites is 1. The average molecular weight is 457 g/mol. The fourth-order valence-corrected chi connectivity index (χ4v) is 5.13. The molecule has 0 aliphatic heterocycles. The van der Waals surface area contributed by atoms with E-state index in [1.54, 1.807) is 12.1 Å². The lowest BCUT2D eigenvalue weighted by Crippen LogP contribution is -2.42. The Morgan fingerprint density at radius 3 is 2.54 bits per heavy atom. The van der Waals surface area contributed by atoms with Crippen LogP contribution in [0.5, 0.6) is 0 Å². The predicted octanol–water partition coefficient (Wildman–Crippen LogP) is 3.09. The Morgan fingerprint density at radius 1 is 1.23 bits per heavy atom. The molecule has 3 rings (SSSR count). The Morgan fingerprint density at radius 2 is 1.92 bits per heavy atom. The average Bonchev–Trinajstić information content (AvgIpc) is 3.05. The molecule has 0 saturated carbocycles. The molecule has 0 fully saturated rings. The number of hydrogen-bond donors (Lipinski definition) is 2. The Balaban J connectivity index is 1.89. The van der Waals surface area contributed by atoms with Gasteiger partial charge in [-0.15, -0.1) is 11.3 Å². The van der Waals surface area contributed by atoms with Crippen molar-refractivity contribution in [1.29, 1.82) is 0 Å². The molecule has 26 heavy (non-hydrogen) atoms. The van der Waals surface area contributed by atoms with Gasteiger partial charge in [0.1, 0.15) is 11.1 Å². The molecule has 2 aromatic carbocycles. The molecule has 0 aliphatic carbocycles. The van der Waals surface area contributed by atoms with E-state index in [-0.39, 0.29) is 4.90 Å². The first-order valence-electron chi connectivity index (χ1n) is 7.71. The number of ether oxygens (including phenoxy) is 1. The number of hydrogen-bond acceptors (Lipinski definition) is 6. The molecule has 0 aliphatic rings. The van der Waals surface area contributed by atoms with Crippen molar-refractivity contribution in [2.75, 3.05) is 13.7 Å². The van der Waals surface area contributed by atoms with Gasteiger partial charge in [0.25, 0.3) is 0 Å². The van der Waals surface area contributed by atoms with Gasteiger partial charge in [-0.3, -0.25) is 0 Å². The number of nitrogens with zero attached hydrogens (tertiary/aromatic N) is 1. The van der Waals surface area contributed by atoms with Gasteiger partial charge in [0.15, 0.2) is 0 Å². The first-order valence-corrected chi connectivity index (χ1v) is 10.8. The number of methoxy groups -OCH3 is 1. The topological polar surface area (TPSA) is 88.5 Å². The van der Waals surface area contributed by atoms with Gasteiger partial charge in [0, 0.05) is 11.6 Å². The largest absolute Gasteiger partial charge is 0.395 e. The zero-order valence-corrected chi connectivity index (χ0v) is 17.0. The zero-order chi connectivity index (χ0) is 18.7. The summed E-state index contributed by atoms with van der Waals surface area (Å²) in [6.07, 6.45) is -0.706. The molecule has 1 heterocycles. The molecule has 0 spiro atoms. The zero-order valence-electron chi connectivity index (χ0n) is 13.8. The Labute approximate surface area is 164 Å². The van der Waals surface area contributed by atoms with Crippen LogP contribution < -0.4 is 4.72 Å². The fraction of sp³-hybridized carbons (Fsp3) is 0.235. The monoisotopic (exact) mass is 456 g/mol. The van der Waals surface area contributed by atoms with Crippen molar-refractivity contribution in [2.45, 2.75) is 17.0 Å². The lowest BCUT2D eigenvalue weighted by molar-refractivity contribution is 0.0530. The molecular weight excluding hydrogens is 440 g/mol. The fourth-order valence-electron chi connectivity index (χ4n) is 2.52. The Bertz CT molecular complexity index is 956. The predicted molar refractivity (Wildman–Crippen MR) is 105 cm³/mol. The molecule has 0 amide bonds. The molecule has 1 unspecified atom stereocenters. The van der Waals surface area contributed by atoms with Gasteiger partial charge >= 0.3 is 0 Å². The quantitative estimate of drug-likeness (QED) is 0.570. The maximum absolute atomic E-state index is 12.6. The van der Waals surface area contributed by atoms with E-state index >= 15 is 0 Å². The van der Waals surface area contributed by atoms with Crippen LogP contribution in [0, 0.1) is 0 Å². The van der Waals surface area contributed by atoms with E-state index in [0.29, 0.717) is 5.01 Å². The number of aromatic nitrogens is 1. The van der Waals surface area contributed by atoms with E-state index in [9.17, 15) is 13.5 Å². The van der Waals surface area contributed by atoms with Crippen LogP contribution in [0.15, 0.2) is 57.9 Å². The van der Waals surface area contributed by atoms with Crippen molar-refractivity contribution in [3.63, 3.8) is 0 Å². The summed E-state index contributed by atoms with van der Waals surface area (Å²) in [5.41, 5.74) is 0.807. The highest BCUT2D eigenvalue weighted by Crippen LogP contribution is 2.30. The van der Waals surface area contributed by atoms with Crippen molar-refractivity contribution < 1.29 is 18.3 Å². The van der Waals surface area contributed by atoms with E-state index in [2.05, 4.69) is 25.6 Å². The third-order valence-corrected chi connectivity index (χ3v) is 6.93. The van der Waals surface area contributed by atoms with Crippen LogP contribution in [0.2, 0.25) is 0 Å². The van der Waals surface area contributed by atoms with Crippen LogP contribution >= 0.6 is 27.3 Å². The van der Waals surface area contributed by atoms with Crippen molar-refractivity contribution in [1.82, 2.24) is 9.71 Å². The van der Waals surface area contributed by atoms with Gasteiger partial charge in [-0.05, 0) is 36.4 Å². The van der Waals surface area contributed by atoms with E-state index in [0.717, 1.165) is 14.7 Å². The second-order valence-electron chi connectivity index (χ2n) is 5.54. The number of aliphatic hydroxyl groups is 1. The molecule has 3 aromatic rings. The summed E-state index contributed by atoms with van der Waals surface area (Å²) < 4.78 is 35.0. The SMILES string of the molecule is CO[C@H](c1nc2ccccc2s1)C(CO)NS(=O)(=O)c1ccc(Br)cc1. The van der Waals surface area contributed by atoms with E-state index < -0.39 is 28.8 Å². The molecule has 0 saturated heterocycles. The third-order valence-electron chi connectivity index (χ3n) is 3.80. The highest BCUT2D eigenvalue weighted by Gasteiger charge is 2.30. The van der Waals surface area contributed by atoms with Gasteiger partial charge < -0.3 is 9.84 Å². The Kier molecular flexibility index (Phi) is 6.06. The highest BCUT2D eigenvalue weighted by atomic mass is 79.9. The number of halogens is 1. The van der Waals surface area contributed by atoms with Crippen molar-refractivity contribution >= 4 is 47.5 Å². The van der Waals surface area contributed by atoms with Crippen molar-refractivity contribution in [2.24, 2.45) is 0 Å². The summed E-state index contributed by atoms with van der Waals surface area (Å²) in [6, 6.07) is 13.0. The van der Waals surface area contributed by atoms with Gasteiger partial charge in [0.2, 0.25) is 10.0 Å². The smallest absolute Gasteiger partial charge is 0.240 e. The Hall–Kier alpha value is -1.36. The third kappa shape index (κ3) is 4.13. The van der Waals surface area contributed by atoms with Crippen LogP contribution in [-0.2, 0) is 14.8 Å². The highest BCUT2D eigenvalue weighted by molar-refractivity contribution is 9.10. The summed E-state index contributed by atoms with van der Waals surface area (Å²) in [7, 11) is -2.35. The summed E-state index contributed by atoms with van der Waals surface area (Å²) in [5, 5.41) is 10.4. The van der Waals surface area contributed by atoms with Crippen LogP contribution in [0.1, 0.15) is 11.1 Å². The number of rotatable bonds is 7. The standard InChI is InChI=1S/C17H17BrN2O4S2/c1-24-16(17-19-13-4-2-3-5-15(13)25-17)14(10-21)20-26(22,23)12-8-6-11(18)7-9-12/h2-9,14,16,20-21H,10H2,1H3/t14?,16-/m0/s1. The lowest BCUT2D eigenvalue weighted by atomic mass is 10.2. The second kappa shape index (κ2) is 8.12. The van der Waals surface area contributed by atoms with Crippen LogP contribution in [0.3, 0.4) is 0 Å². The first kappa shape index (κ1) is 19.4. The van der Waals surface area contributed by atoms with Crippen LogP contribution in [0.25, 0.3) is 10.2 Å². The van der Waals surface area contributed by atoms with Crippen LogP contribution in [-0.4, -0.2) is 38.3 Å². The summed E-state index contributed by atoms with van der Waals surface area (Å²) in [6.45, 7) is -0.426. The van der Waals surface area contributed by atoms with Gasteiger partial charge in [-0.1, -0.05) is 28.1 Å². The molecule has 2 N–H and O–H groups in total. The van der Waals surface area contributed by atoms with Crippen LogP contribution in [0.4, 0.5) is 0 Å². The van der Waals surface area contributed by atoms with Crippen molar-refractivity contribution in [3.05, 3.63) is 58.0 Å². The molecule has 0 bridgehead atoms. The maximum Gasteiger partial charge on any atom is 0.240 e. The summed E-state index contributed by atoms with van der Waals surface area (Å²) in [4.78, 5) is 4.62. The molecule has 1 aromatic heterocycles. The number of nitrogens with one attached hydrogen (secondary N) is 1. The molecule has 9 heteroatoms. The minimum Gasteiger partial charge on any atom is -0.395 e. The number of fused-ring (bicyclic) bond motifs is 1. The summed E-state index contributed by atoms with van der Waals surface area (Å²) >= 11 is 4.69. The molecule has 0 radical (unpaired) electrons. The number of aliphatic hydroxyl groups excluding tert-OH is 1. The van der Waals surface area contributed by atoms with E-state index in [1.807, 2.05) is 24.3 Å². The normalized spacial score (nSPS) is 14.4. The van der Waals surface area contributed by atoms with Gasteiger partial charge in [-0.25, -0.2) is 18.1 Å². The second-order valence-corrected chi connectivity index (χ2v) is 9.23. The first-order chi connectivity index (χ1) is 12.4. The van der Waals surface area contributed by atoms with Gasteiger partial charge in [-0.2, -0.15) is 0 Å². The molecular formula is C17H17BrN2O4S2. The number of benzene rings is 2. The van der Waals surface area contributed by atoms with Crippen molar-refractivity contribution in [3.8, 4) is 0 Å².